The third kappa shape index (κ3) is 7.15. The Bertz CT molecular complexity index is 743. The fraction of sp³-hybridized carbons (Fsp3) is 0.222. The van der Waals surface area contributed by atoms with Crippen molar-refractivity contribution >= 4 is 35.2 Å². The number of hydrogen-bond acceptors (Lipinski definition) is 3. The van der Waals surface area contributed by atoms with Crippen molar-refractivity contribution < 1.29 is 14.0 Å². The van der Waals surface area contributed by atoms with Crippen molar-refractivity contribution in [3.63, 3.8) is 0 Å². The Morgan fingerprint density at radius 2 is 1.72 bits per heavy atom. The third-order valence-electron chi connectivity index (χ3n) is 3.22. The minimum atomic E-state index is -0.367. The van der Waals surface area contributed by atoms with E-state index >= 15 is 0 Å². The molecule has 2 amide bonds. The summed E-state index contributed by atoms with van der Waals surface area (Å²) in [6.07, 6.45) is 0.105. The van der Waals surface area contributed by atoms with Gasteiger partial charge in [0.05, 0.1) is 17.2 Å². The van der Waals surface area contributed by atoms with Crippen LogP contribution in [0.25, 0.3) is 0 Å². The van der Waals surface area contributed by atoms with Gasteiger partial charge in [-0.05, 0) is 29.8 Å². The van der Waals surface area contributed by atoms with Crippen molar-refractivity contribution in [2.24, 2.45) is 0 Å². The SMILES string of the molecule is O=C(CSc1ccccc1Cl)NCCNC(=O)Cc1cccc(F)c1. The Morgan fingerprint density at radius 1 is 1.00 bits per heavy atom. The molecule has 0 radical (unpaired) electrons. The topological polar surface area (TPSA) is 58.2 Å². The first-order chi connectivity index (χ1) is 12.0. The summed E-state index contributed by atoms with van der Waals surface area (Å²) >= 11 is 7.38. The second kappa shape index (κ2) is 10.1. The lowest BCUT2D eigenvalue weighted by molar-refractivity contribution is -0.121. The number of hydrogen-bond donors (Lipinski definition) is 2. The maximum absolute atomic E-state index is 13.0. The van der Waals surface area contributed by atoms with Gasteiger partial charge in [-0.15, -0.1) is 11.8 Å². The van der Waals surface area contributed by atoms with E-state index < -0.39 is 0 Å². The number of halogens is 2. The zero-order chi connectivity index (χ0) is 18.1. The van der Waals surface area contributed by atoms with Crippen LogP contribution in [0.3, 0.4) is 0 Å². The Hall–Kier alpha value is -2.05. The lowest BCUT2D eigenvalue weighted by atomic mass is 10.1. The minimum absolute atomic E-state index is 0.105. The summed E-state index contributed by atoms with van der Waals surface area (Å²) in [4.78, 5) is 24.4. The maximum atomic E-state index is 13.0. The van der Waals surface area contributed by atoms with Gasteiger partial charge in [-0.2, -0.15) is 0 Å². The van der Waals surface area contributed by atoms with Crippen LogP contribution in [-0.4, -0.2) is 30.7 Å². The molecule has 0 spiro atoms. The minimum Gasteiger partial charge on any atom is -0.354 e. The fourth-order valence-corrected chi connectivity index (χ4v) is 3.12. The van der Waals surface area contributed by atoms with E-state index in [1.807, 2.05) is 18.2 Å². The first-order valence-corrected chi connectivity index (χ1v) is 9.06. The number of carbonyl (C=O) groups is 2. The first kappa shape index (κ1) is 19.3. The lowest BCUT2D eigenvalue weighted by Crippen LogP contribution is -2.36. The molecule has 4 nitrogen and oxygen atoms in total. The lowest BCUT2D eigenvalue weighted by Gasteiger charge is -2.08. The summed E-state index contributed by atoms with van der Waals surface area (Å²) in [5.41, 5.74) is 0.609. The van der Waals surface area contributed by atoms with Crippen LogP contribution in [0.1, 0.15) is 5.56 Å². The van der Waals surface area contributed by atoms with Gasteiger partial charge in [0.1, 0.15) is 5.82 Å². The molecule has 0 fully saturated rings. The molecule has 0 bridgehead atoms. The van der Waals surface area contributed by atoms with Crippen molar-refractivity contribution in [1.82, 2.24) is 10.6 Å². The van der Waals surface area contributed by atoms with E-state index in [1.54, 1.807) is 18.2 Å². The highest BCUT2D eigenvalue weighted by atomic mass is 35.5. The zero-order valence-electron chi connectivity index (χ0n) is 13.4. The molecule has 0 aliphatic carbocycles. The quantitative estimate of drug-likeness (QED) is 0.546. The summed E-state index contributed by atoms with van der Waals surface area (Å²) in [6.45, 7) is 0.646. The third-order valence-corrected chi connectivity index (χ3v) is 4.73. The van der Waals surface area contributed by atoms with Gasteiger partial charge >= 0.3 is 0 Å². The van der Waals surface area contributed by atoms with Crippen LogP contribution < -0.4 is 10.6 Å². The molecular weight excluding hydrogens is 363 g/mol. The van der Waals surface area contributed by atoms with Gasteiger partial charge in [0.25, 0.3) is 0 Å². The molecule has 2 aromatic rings. The fourth-order valence-electron chi connectivity index (χ4n) is 2.05. The highest BCUT2D eigenvalue weighted by Gasteiger charge is 2.06. The van der Waals surface area contributed by atoms with E-state index in [4.69, 9.17) is 11.6 Å². The van der Waals surface area contributed by atoms with Crippen LogP contribution in [0.15, 0.2) is 53.4 Å². The average molecular weight is 381 g/mol. The standard InChI is InChI=1S/C18H18ClFN2O2S/c19-15-6-1-2-7-16(15)25-12-18(24)22-9-8-21-17(23)11-13-4-3-5-14(20)10-13/h1-7,10H,8-9,11-12H2,(H,21,23)(H,22,24). The molecule has 0 atom stereocenters. The largest absolute Gasteiger partial charge is 0.354 e. The van der Waals surface area contributed by atoms with Crippen molar-refractivity contribution in [1.29, 1.82) is 0 Å². The van der Waals surface area contributed by atoms with E-state index in [0.717, 1.165) is 4.90 Å². The predicted octanol–water partition coefficient (Wildman–Crippen LogP) is 3.05. The molecule has 0 aliphatic heterocycles. The number of benzene rings is 2. The van der Waals surface area contributed by atoms with Crippen LogP contribution >= 0.6 is 23.4 Å². The molecule has 132 valence electrons. The summed E-state index contributed by atoms with van der Waals surface area (Å²) < 4.78 is 13.0. The zero-order valence-corrected chi connectivity index (χ0v) is 15.0. The highest BCUT2D eigenvalue weighted by molar-refractivity contribution is 8.00. The Kier molecular flexibility index (Phi) is 7.76. The second-order valence-electron chi connectivity index (χ2n) is 5.23. The van der Waals surface area contributed by atoms with Crippen LogP contribution in [0.4, 0.5) is 4.39 Å². The van der Waals surface area contributed by atoms with Crippen molar-refractivity contribution in [2.75, 3.05) is 18.8 Å². The van der Waals surface area contributed by atoms with Gasteiger partial charge in [0.2, 0.25) is 11.8 Å². The molecular formula is C18H18ClFN2O2S. The highest BCUT2D eigenvalue weighted by Crippen LogP contribution is 2.26. The molecule has 0 heterocycles. The summed E-state index contributed by atoms with van der Waals surface area (Å²) in [7, 11) is 0. The van der Waals surface area contributed by atoms with E-state index in [9.17, 15) is 14.0 Å². The molecule has 0 unspecified atom stereocenters. The summed E-state index contributed by atoms with van der Waals surface area (Å²) in [6, 6.07) is 13.2. The smallest absolute Gasteiger partial charge is 0.230 e. The number of nitrogens with one attached hydrogen (secondary N) is 2. The molecule has 2 rings (SSSR count). The average Bonchev–Trinajstić information content (AvgIpc) is 2.58. The Balaban J connectivity index is 1.61. The Labute approximate surface area is 155 Å². The number of thioether (sulfide) groups is 1. The van der Waals surface area contributed by atoms with Crippen LogP contribution in [0.2, 0.25) is 5.02 Å². The van der Waals surface area contributed by atoms with Gasteiger partial charge in [0, 0.05) is 18.0 Å². The van der Waals surface area contributed by atoms with E-state index in [1.165, 1.54) is 23.9 Å². The molecule has 0 saturated carbocycles. The molecule has 7 heteroatoms. The maximum Gasteiger partial charge on any atom is 0.230 e. The normalized spacial score (nSPS) is 10.3. The number of amides is 2. The van der Waals surface area contributed by atoms with Crippen molar-refractivity contribution in [2.45, 2.75) is 11.3 Å². The molecule has 2 N–H and O–H groups in total. The van der Waals surface area contributed by atoms with Crippen LogP contribution in [0, 0.1) is 5.82 Å². The first-order valence-electron chi connectivity index (χ1n) is 7.70. The van der Waals surface area contributed by atoms with Crippen molar-refractivity contribution in [3.05, 3.63) is 64.9 Å². The van der Waals surface area contributed by atoms with Gasteiger partial charge in [-0.3, -0.25) is 9.59 Å². The monoisotopic (exact) mass is 380 g/mol. The van der Waals surface area contributed by atoms with Gasteiger partial charge < -0.3 is 10.6 Å². The second-order valence-corrected chi connectivity index (χ2v) is 6.65. The predicted molar refractivity (Wildman–Crippen MR) is 98.3 cm³/mol. The van der Waals surface area contributed by atoms with Crippen LogP contribution in [-0.2, 0) is 16.0 Å². The van der Waals surface area contributed by atoms with Gasteiger partial charge in [-0.25, -0.2) is 4.39 Å². The molecule has 0 saturated heterocycles. The molecule has 25 heavy (non-hydrogen) atoms. The molecule has 2 aromatic carbocycles. The number of carbonyl (C=O) groups excluding carboxylic acids is 2. The van der Waals surface area contributed by atoms with Gasteiger partial charge in [0.15, 0.2) is 0 Å². The molecule has 0 aromatic heterocycles. The summed E-state index contributed by atoms with van der Waals surface area (Å²) in [5.74, 6) is -0.468. The van der Waals surface area contributed by atoms with Crippen molar-refractivity contribution in [3.8, 4) is 0 Å². The van der Waals surface area contributed by atoms with E-state index in [2.05, 4.69) is 10.6 Å². The number of rotatable bonds is 8. The van der Waals surface area contributed by atoms with E-state index in [0.29, 0.717) is 23.7 Å². The van der Waals surface area contributed by atoms with Crippen LogP contribution in [0.5, 0.6) is 0 Å². The Morgan fingerprint density at radius 3 is 2.44 bits per heavy atom. The van der Waals surface area contributed by atoms with Gasteiger partial charge in [-0.1, -0.05) is 35.9 Å². The summed E-state index contributed by atoms with van der Waals surface area (Å²) in [5, 5.41) is 6.02. The molecule has 0 aliphatic rings. The van der Waals surface area contributed by atoms with E-state index in [-0.39, 0.29) is 29.8 Å².